The zero-order valence-corrected chi connectivity index (χ0v) is 10.3. The van der Waals surface area contributed by atoms with E-state index in [0.717, 1.165) is 16.7 Å². The van der Waals surface area contributed by atoms with E-state index >= 15 is 0 Å². The van der Waals surface area contributed by atoms with Crippen molar-refractivity contribution in [1.29, 1.82) is 0 Å². The number of hydroxylamine groups is 1. The van der Waals surface area contributed by atoms with Gasteiger partial charge in [0.15, 0.2) is 6.04 Å². The number of fused-ring (bicyclic) bond motifs is 5. The van der Waals surface area contributed by atoms with Gasteiger partial charge in [0, 0.05) is 17.8 Å². The van der Waals surface area contributed by atoms with Crippen LogP contribution in [0.1, 0.15) is 25.7 Å². The Hall–Kier alpha value is -0.640. The van der Waals surface area contributed by atoms with Gasteiger partial charge in [-0.2, -0.15) is 0 Å². The molecule has 0 radical (unpaired) electrons. The van der Waals surface area contributed by atoms with Crippen molar-refractivity contribution in [2.75, 3.05) is 0 Å². The van der Waals surface area contributed by atoms with Crippen LogP contribution in [0.15, 0.2) is 5.11 Å². The fraction of sp³-hybridized carbons (Fsp3) is 1.00. The molecular weight excluding hydrogens is 228 g/mol. The minimum absolute atomic E-state index is 0.215. The van der Waals surface area contributed by atoms with Gasteiger partial charge in [-0.25, -0.2) is 0 Å². The summed E-state index contributed by atoms with van der Waals surface area (Å²) in [5.41, 5.74) is 0. The summed E-state index contributed by atoms with van der Waals surface area (Å²) in [6, 6.07) is 0.567. The number of nitrogens with zero attached hydrogens (tertiary/aromatic N) is 2. The monoisotopic (exact) mass is 246 g/mol. The zero-order chi connectivity index (χ0) is 11.6. The number of rotatable bonds is 0. The standard InChI is InChI=1S/C14H18N2O2/c17-16-12-6-3-1-2-5(6)11(15-16)9-7-4-8(10(9)12)14-13(7)18-14/h5-14H,1-4H2/t5-,6+,7+,8-,9+,10-,11-,12+,13+,14-/m1/s1. The van der Waals surface area contributed by atoms with E-state index in [-0.39, 0.29) is 6.04 Å². The van der Waals surface area contributed by atoms with Crippen molar-refractivity contribution in [3.63, 3.8) is 0 Å². The highest BCUT2D eigenvalue weighted by Crippen LogP contribution is 2.69. The first-order valence-electron chi connectivity index (χ1n) is 7.67. The van der Waals surface area contributed by atoms with Crippen LogP contribution in [0.2, 0.25) is 0 Å². The molecule has 7 rings (SSSR count). The summed E-state index contributed by atoms with van der Waals surface area (Å²) in [6.07, 6.45) is 6.34. The molecule has 0 spiro atoms. The zero-order valence-electron chi connectivity index (χ0n) is 10.3. The summed E-state index contributed by atoms with van der Waals surface area (Å²) in [7, 11) is 0. The lowest BCUT2D eigenvalue weighted by atomic mass is 9.58. The van der Waals surface area contributed by atoms with Gasteiger partial charge in [-0.15, -0.1) is 0 Å². The summed E-state index contributed by atoms with van der Waals surface area (Å²) in [6.45, 7) is 0. The second-order valence-corrected chi connectivity index (χ2v) is 7.44. The summed E-state index contributed by atoms with van der Waals surface area (Å²) in [5.74, 6) is 4.16. The van der Waals surface area contributed by atoms with Gasteiger partial charge in [-0.3, -0.25) is 0 Å². The molecule has 3 heterocycles. The lowest BCUT2D eigenvalue weighted by Gasteiger charge is -2.49. The lowest BCUT2D eigenvalue weighted by molar-refractivity contribution is -0.617. The Kier molecular flexibility index (Phi) is 1.35. The van der Waals surface area contributed by atoms with Crippen molar-refractivity contribution in [2.45, 2.75) is 50.0 Å². The van der Waals surface area contributed by atoms with Crippen LogP contribution < -0.4 is 0 Å². The van der Waals surface area contributed by atoms with Gasteiger partial charge in [-0.05, 0) is 42.1 Å². The van der Waals surface area contributed by atoms with Gasteiger partial charge in [-0.1, -0.05) is 11.3 Å². The van der Waals surface area contributed by atoms with Crippen LogP contribution >= 0.6 is 0 Å². The van der Waals surface area contributed by atoms with E-state index in [1.54, 1.807) is 0 Å². The van der Waals surface area contributed by atoms with Gasteiger partial charge >= 0.3 is 0 Å². The van der Waals surface area contributed by atoms with Gasteiger partial charge in [0.25, 0.3) is 0 Å². The third kappa shape index (κ3) is 0.789. The molecule has 4 heteroatoms. The van der Waals surface area contributed by atoms with E-state index in [9.17, 15) is 5.21 Å². The number of hydrogen-bond donors (Lipinski definition) is 0. The largest absolute Gasteiger partial charge is 0.600 e. The molecule has 1 saturated heterocycles. The second-order valence-electron chi connectivity index (χ2n) is 7.44. The molecule has 96 valence electrons. The Morgan fingerprint density at radius 3 is 2.67 bits per heavy atom. The maximum atomic E-state index is 12.2. The molecule has 4 bridgehead atoms. The molecule has 0 amide bonds. The van der Waals surface area contributed by atoms with Crippen molar-refractivity contribution in [3.05, 3.63) is 5.21 Å². The molecule has 0 aromatic heterocycles. The predicted molar refractivity (Wildman–Crippen MR) is 61.7 cm³/mol. The Balaban J connectivity index is 1.53. The molecule has 3 aliphatic heterocycles. The highest BCUT2D eigenvalue weighted by molar-refractivity contribution is 5.21. The molecule has 0 unspecified atom stereocenters. The predicted octanol–water partition coefficient (Wildman–Crippen LogP) is 1.78. The molecule has 5 fully saturated rings. The van der Waals surface area contributed by atoms with Crippen molar-refractivity contribution in [1.82, 2.24) is 0 Å². The normalized spacial score (nSPS) is 69.7. The van der Waals surface area contributed by atoms with Crippen molar-refractivity contribution < 1.29 is 9.60 Å². The summed E-state index contributed by atoms with van der Waals surface area (Å²) < 4.78 is 5.85. The minimum atomic E-state index is 0.215. The molecule has 4 nitrogen and oxygen atoms in total. The Morgan fingerprint density at radius 2 is 1.78 bits per heavy atom. The van der Waals surface area contributed by atoms with E-state index in [1.807, 2.05) is 0 Å². The molecule has 0 aromatic rings. The highest BCUT2D eigenvalue weighted by atomic mass is 16.6. The number of hydrogen-bond acceptors (Lipinski definition) is 3. The average Bonchev–Trinajstić information content (AvgIpc) is 2.76. The van der Waals surface area contributed by atoms with Crippen LogP contribution in [-0.4, -0.2) is 29.2 Å². The van der Waals surface area contributed by atoms with E-state index in [2.05, 4.69) is 5.11 Å². The third-order valence-corrected chi connectivity index (χ3v) is 7.18. The number of ether oxygens (including phenoxy) is 1. The lowest BCUT2D eigenvalue weighted by Crippen LogP contribution is -2.60. The first kappa shape index (κ1) is 9.29. The van der Waals surface area contributed by atoms with Crippen LogP contribution in [0.3, 0.4) is 0 Å². The SMILES string of the molecule is [O-][N+]1=N[C@@H]2[C@@H]3CCC[C@@H]3[C@H]1[C@@H]1[C@H]3C[C@H]([C@@H]4O[C@H]34)[C@H]21. The first-order chi connectivity index (χ1) is 8.84. The van der Waals surface area contributed by atoms with Gasteiger partial charge in [0.1, 0.15) is 6.04 Å². The molecule has 4 saturated carbocycles. The maximum absolute atomic E-state index is 12.2. The van der Waals surface area contributed by atoms with Crippen molar-refractivity contribution in [2.24, 2.45) is 40.6 Å². The Bertz CT molecular complexity index is 478. The van der Waals surface area contributed by atoms with Gasteiger partial charge in [0.2, 0.25) is 0 Å². The first-order valence-corrected chi connectivity index (χ1v) is 7.67. The smallest absolute Gasteiger partial charge is 0.196 e. The summed E-state index contributed by atoms with van der Waals surface area (Å²) in [4.78, 5) is 1.14. The summed E-state index contributed by atoms with van der Waals surface area (Å²) in [5, 5.41) is 16.8. The van der Waals surface area contributed by atoms with Gasteiger partial charge in [0.05, 0.1) is 12.2 Å². The molecule has 0 aromatic carbocycles. The van der Waals surface area contributed by atoms with Crippen molar-refractivity contribution in [3.8, 4) is 0 Å². The van der Waals surface area contributed by atoms with Crippen LogP contribution in [-0.2, 0) is 4.74 Å². The number of azo groups is 1. The van der Waals surface area contributed by atoms with Crippen LogP contribution in [0.25, 0.3) is 0 Å². The van der Waals surface area contributed by atoms with Gasteiger partial charge < -0.3 is 9.94 Å². The molecular formula is C14H18N2O2. The summed E-state index contributed by atoms with van der Waals surface area (Å²) >= 11 is 0. The highest BCUT2D eigenvalue weighted by Gasteiger charge is 2.76. The van der Waals surface area contributed by atoms with Crippen LogP contribution in [0.5, 0.6) is 0 Å². The molecule has 4 aliphatic carbocycles. The van der Waals surface area contributed by atoms with E-state index in [1.165, 1.54) is 25.7 Å². The van der Waals surface area contributed by atoms with E-state index in [0.29, 0.717) is 41.9 Å². The molecule has 0 N–H and O–H groups in total. The maximum Gasteiger partial charge on any atom is 0.196 e. The topological polar surface area (TPSA) is 51.0 Å². The molecule has 7 aliphatic rings. The second kappa shape index (κ2) is 2.62. The molecule has 10 atom stereocenters. The fourth-order valence-corrected chi connectivity index (χ4v) is 6.81. The average molecular weight is 246 g/mol. The van der Waals surface area contributed by atoms with Crippen LogP contribution in [0, 0.1) is 40.7 Å². The van der Waals surface area contributed by atoms with Crippen molar-refractivity contribution >= 4 is 0 Å². The van der Waals surface area contributed by atoms with E-state index in [4.69, 9.17) is 4.74 Å². The quantitative estimate of drug-likeness (QED) is 0.371. The molecule has 18 heavy (non-hydrogen) atoms. The Morgan fingerprint density at radius 1 is 1.00 bits per heavy atom. The van der Waals surface area contributed by atoms with Crippen LogP contribution in [0.4, 0.5) is 0 Å². The minimum Gasteiger partial charge on any atom is -0.600 e. The third-order valence-electron chi connectivity index (χ3n) is 7.18. The number of epoxide rings is 1. The van der Waals surface area contributed by atoms with E-state index < -0.39 is 0 Å². The Labute approximate surface area is 106 Å². The fourth-order valence-electron chi connectivity index (χ4n) is 6.81.